The first-order valence-corrected chi connectivity index (χ1v) is 6.38. The van der Waals surface area contributed by atoms with E-state index >= 15 is 0 Å². The zero-order chi connectivity index (χ0) is 15.7. The zero-order valence-corrected chi connectivity index (χ0v) is 11.8. The van der Waals surface area contributed by atoms with Crippen LogP contribution in [0.15, 0.2) is 18.2 Å². The van der Waals surface area contributed by atoms with E-state index in [1.54, 1.807) is 0 Å². The number of carboxylic acids is 1. The largest absolute Gasteiger partial charge is 0.548 e. The quantitative estimate of drug-likeness (QED) is 0.573. The van der Waals surface area contributed by atoms with E-state index in [9.17, 15) is 24.3 Å². The van der Waals surface area contributed by atoms with Crippen molar-refractivity contribution < 1.29 is 24.3 Å². The van der Waals surface area contributed by atoms with Gasteiger partial charge >= 0.3 is 17.8 Å². The number of hydrogen-bond donors (Lipinski definition) is 0. The van der Waals surface area contributed by atoms with Crippen LogP contribution in [0.2, 0.25) is 10.0 Å². The standard InChI is InChI=1S/C12H8Cl2N2O5/c13-7-2-1-6(8(14)3-7)4-15-10(19)11(20)16(12(15)21)5-9(17)18/h1-3H,4-5H2,(H,17,18)/p-1. The number of hydrogen-bond acceptors (Lipinski definition) is 5. The van der Waals surface area contributed by atoms with E-state index < -0.39 is 30.4 Å². The summed E-state index contributed by atoms with van der Waals surface area (Å²) >= 11 is 11.7. The molecule has 1 aliphatic heterocycles. The molecule has 2 rings (SSSR count). The molecule has 1 aliphatic rings. The monoisotopic (exact) mass is 329 g/mol. The molecule has 0 unspecified atom stereocenters. The molecule has 0 bridgehead atoms. The van der Waals surface area contributed by atoms with E-state index in [-0.39, 0.29) is 11.6 Å². The summed E-state index contributed by atoms with van der Waals surface area (Å²) in [6.45, 7) is -1.24. The Morgan fingerprint density at radius 3 is 2.29 bits per heavy atom. The van der Waals surface area contributed by atoms with Gasteiger partial charge in [0, 0.05) is 10.0 Å². The number of aliphatic carboxylic acids is 1. The summed E-state index contributed by atoms with van der Waals surface area (Å²) in [4.78, 5) is 46.6. The highest BCUT2D eigenvalue weighted by Crippen LogP contribution is 2.24. The molecular weight excluding hydrogens is 323 g/mol. The first kappa shape index (κ1) is 15.3. The summed E-state index contributed by atoms with van der Waals surface area (Å²) in [5, 5.41) is 11.1. The van der Waals surface area contributed by atoms with Crippen molar-refractivity contribution in [2.75, 3.05) is 6.54 Å². The molecule has 9 heteroatoms. The second-order valence-corrected chi connectivity index (χ2v) is 5.02. The van der Waals surface area contributed by atoms with Gasteiger partial charge in [0.1, 0.15) is 0 Å². The molecule has 0 spiro atoms. The Bertz CT molecular complexity index is 661. The maximum Gasteiger partial charge on any atom is 0.334 e. The molecule has 0 aliphatic carbocycles. The van der Waals surface area contributed by atoms with E-state index in [1.165, 1.54) is 18.2 Å². The number of urea groups is 1. The number of carbonyl (C=O) groups excluding carboxylic acids is 4. The molecule has 1 saturated heterocycles. The summed E-state index contributed by atoms with van der Waals surface area (Å²) in [6, 6.07) is 3.40. The molecule has 1 aromatic carbocycles. The highest BCUT2D eigenvalue weighted by Gasteiger charge is 2.44. The van der Waals surface area contributed by atoms with Crippen molar-refractivity contribution in [2.24, 2.45) is 0 Å². The van der Waals surface area contributed by atoms with Crippen LogP contribution in [0.3, 0.4) is 0 Å². The van der Waals surface area contributed by atoms with Crippen LogP contribution >= 0.6 is 23.2 Å². The van der Waals surface area contributed by atoms with Gasteiger partial charge in [0.15, 0.2) is 0 Å². The van der Waals surface area contributed by atoms with Gasteiger partial charge < -0.3 is 9.90 Å². The van der Waals surface area contributed by atoms with Gasteiger partial charge in [-0.2, -0.15) is 0 Å². The molecule has 0 N–H and O–H groups in total. The minimum atomic E-state index is -1.64. The zero-order valence-electron chi connectivity index (χ0n) is 10.3. The molecule has 1 fully saturated rings. The van der Waals surface area contributed by atoms with Gasteiger partial charge in [0.2, 0.25) is 0 Å². The van der Waals surface area contributed by atoms with Gasteiger partial charge in [-0.3, -0.25) is 14.5 Å². The Kier molecular flexibility index (Phi) is 4.15. The molecule has 7 nitrogen and oxygen atoms in total. The van der Waals surface area contributed by atoms with E-state index in [0.29, 0.717) is 20.4 Å². The van der Waals surface area contributed by atoms with Crippen LogP contribution in [0.25, 0.3) is 0 Å². The predicted molar refractivity (Wildman–Crippen MR) is 69.1 cm³/mol. The maximum absolute atomic E-state index is 11.9. The molecule has 4 amide bonds. The van der Waals surface area contributed by atoms with E-state index in [0.717, 1.165) is 0 Å². The summed E-state index contributed by atoms with van der Waals surface area (Å²) in [6.07, 6.45) is 0. The fraction of sp³-hybridized carbons (Fsp3) is 0.167. The van der Waals surface area contributed by atoms with Crippen LogP contribution in [-0.2, 0) is 20.9 Å². The molecule has 0 aromatic heterocycles. The number of carboxylic acid groups (broad SMARTS) is 1. The fourth-order valence-corrected chi connectivity index (χ4v) is 2.25. The molecule has 0 saturated carbocycles. The Morgan fingerprint density at radius 2 is 1.71 bits per heavy atom. The van der Waals surface area contributed by atoms with Crippen molar-refractivity contribution in [1.82, 2.24) is 9.80 Å². The van der Waals surface area contributed by atoms with Crippen LogP contribution in [0, 0.1) is 0 Å². The molecular formula is C12H7Cl2N2O5-. The topological polar surface area (TPSA) is 97.8 Å². The second-order valence-electron chi connectivity index (χ2n) is 4.17. The summed E-state index contributed by atoms with van der Waals surface area (Å²) in [5.74, 6) is -3.97. The number of imide groups is 2. The van der Waals surface area contributed by atoms with E-state index in [4.69, 9.17) is 23.2 Å². The number of nitrogens with zero attached hydrogens (tertiary/aromatic N) is 2. The number of rotatable bonds is 4. The highest BCUT2D eigenvalue weighted by atomic mass is 35.5. The fourth-order valence-electron chi connectivity index (χ4n) is 1.78. The van der Waals surface area contributed by atoms with Crippen molar-refractivity contribution >= 4 is 47.0 Å². The van der Waals surface area contributed by atoms with Crippen molar-refractivity contribution in [3.8, 4) is 0 Å². The molecule has 110 valence electrons. The smallest absolute Gasteiger partial charge is 0.334 e. The van der Waals surface area contributed by atoms with Gasteiger partial charge in [-0.25, -0.2) is 9.69 Å². The normalized spacial score (nSPS) is 15.0. The third-order valence-corrected chi connectivity index (χ3v) is 3.35. The van der Waals surface area contributed by atoms with Crippen molar-refractivity contribution in [3.05, 3.63) is 33.8 Å². The number of carbonyl (C=O) groups is 4. The third-order valence-electron chi connectivity index (χ3n) is 2.77. The molecule has 0 atom stereocenters. The minimum absolute atomic E-state index is 0.217. The highest BCUT2D eigenvalue weighted by molar-refractivity contribution is 6.45. The van der Waals surface area contributed by atoms with Crippen molar-refractivity contribution in [2.45, 2.75) is 6.54 Å². The van der Waals surface area contributed by atoms with Crippen LogP contribution in [-0.4, -0.2) is 40.2 Å². The van der Waals surface area contributed by atoms with Gasteiger partial charge in [0.25, 0.3) is 0 Å². The van der Waals surface area contributed by atoms with Crippen LogP contribution in [0.1, 0.15) is 5.56 Å². The third kappa shape index (κ3) is 2.98. The summed E-state index contributed by atoms with van der Waals surface area (Å²) in [5.41, 5.74) is 0.394. The Hall–Kier alpha value is -2.12. The average molecular weight is 330 g/mol. The molecule has 1 heterocycles. The van der Waals surface area contributed by atoms with Gasteiger partial charge in [-0.05, 0) is 17.7 Å². The lowest BCUT2D eigenvalue weighted by Gasteiger charge is -2.16. The Morgan fingerprint density at radius 1 is 1.10 bits per heavy atom. The lowest BCUT2D eigenvalue weighted by molar-refractivity contribution is -0.305. The molecule has 21 heavy (non-hydrogen) atoms. The number of halogens is 2. The van der Waals surface area contributed by atoms with Crippen LogP contribution < -0.4 is 5.11 Å². The Labute approximate surface area is 128 Å². The van der Waals surface area contributed by atoms with Gasteiger partial charge in [-0.15, -0.1) is 0 Å². The maximum atomic E-state index is 11.9. The predicted octanol–water partition coefficient (Wildman–Crippen LogP) is 0.0341. The minimum Gasteiger partial charge on any atom is -0.548 e. The van der Waals surface area contributed by atoms with Crippen LogP contribution in [0.4, 0.5) is 4.79 Å². The van der Waals surface area contributed by atoms with E-state index in [1.807, 2.05) is 0 Å². The number of amides is 4. The Balaban J connectivity index is 2.24. The lowest BCUT2D eigenvalue weighted by Crippen LogP contribution is -2.42. The van der Waals surface area contributed by atoms with E-state index in [2.05, 4.69) is 0 Å². The van der Waals surface area contributed by atoms with Gasteiger partial charge in [-0.1, -0.05) is 29.3 Å². The first-order chi connectivity index (χ1) is 9.81. The van der Waals surface area contributed by atoms with Crippen molar-refractivity contribution in [1.29, 1.82) is 0 Å². The summed E-state index contributed by atoms with van der Waals surface area (Å²) < 4.78 is 0. The molecule has 1 aromatic rings. The van der Waals surface area contributed by atoms with Crippen molar-refractivity contribution in [3.63, 3.8) is 0 Å². The summed E-state index contributed by atoms with van der Waals surface area (Å²) in [7, 11) is 0. The average Bonchev–Trinajstić information content (AvgIpc) is 2.58. The molecule has 0 radical (unpaired) electrons. The number of benzene rings is 1. The van der Waals surface area contributed by atoms with Gasteiger partial charge in [0.05, 0.1) is 19.1 Å². The first-order valence-electron chi connectivity index (χ1n) is 5.62. The lowest BCUT2D eigenvalue weighted by atomic mass is 10.2. The SMILES string of the molecule is O=C([O-])CN1C(=O)C(=O)N(Cc2ccc(Cl)cc2Cl)C1=O. The van der Waals surface area contributed by atoms with Crippen LogP contribution in [0.5, 0.6) is 0 Å². The second kappa shape index (κ2) is 5.71.